The van der Waals surface area contributed by atoms with E-state index in [0.717, 1.165) is 11.1 Å². The lowest BCUT2D eigenvalue weighted by Crippen LogP contribution is -2.10. The van der Waals surface area contributed by atoms with Gasteiger partial charge in [-0.2, -0.15) is 0 Å². The highest BCUT2D eigenvalue weighted by Crippen LogP contribution is 2.29. The van der Waals surface area contributed by atoms with Crippen molar-refractivity contribution >= 4 is 5.78 Å². The molecule has 0 aliphatic rings. The molecule has 0 saturated carbocycles. The first kappa shape index (κ1) is 15.3. The molecule has 2 heteroatoms. The van der Waals surface area contributed by atoms with Crippen molar-refractivity contribution in [2.24, 2.45) is 0 Å². The molecule has 0 fully saturated rings. The summed E-state index contributed by atoms with van der Waals surface area (Å²) in [6, 6.07) is 14.2. The van der Waals surface area contributed by atoms with Gasteiger partial charge < -0.3 is 4.74 Å². The number of rotatable bonds is 3. The molecule has 0 atom stereocenters. The van der Waals surface area contributed by atoms with Crippen LogP contribution in [0.1, 0.15) is 43.6 Å². The van der Waals surface area contributed by atoms with Crippen LogP contribution in [0.5, 0.6) is 5.75 Å². The highest BCUT2D eigenvalue weighted by atomic mass is 16.5. The molecule has 0 heterocycles. The third-order valence-corrected chi connectivity index (χ3v) is 3.66. The molecule has 21 heavy (non-hydrogen) atoms. The molecule has 0 bridgehead atoms. The summed E-state index contributed by atoms with van der Waals surface area (Å²) in [5, 5.41) is 0. The maximum atomic E-state index is 11.7. The molecule has 0 aromatic heterocycles. The van der Waals surface area contributed by atoms with Gasteiger partial charge in [0.2, 0.25) is 0 Å². The van der Waals surface area contributed by atoms with E-state index in [1.165, 1.54) is 5.56 Å². The summed E-state index contributed by atoms with van der Waals surface area (Å²) in [5.74, 6) is 0.637. The second-order valence-corrected chi connectivity index (χ2v) is 6.30. The van der Waals surface area contributed by atoms with E-state index in [-0.39, 0.29) is 11.2 Å². The van der Waals surface area contributed by atoms with Crippen LogP contribution in [-0.4, -0.2) is 12.9 Å². The molecule has 0 aliphatic heterocycles. The van der Waals surface area contributed by atoms with E-state index in [0.29, 0.717) is 11.3 Å². The molecule has 0 unspecified atom stereocenters. The van der Waals surface area contributed by atoms with Crippen LogP contribution in [-0.2, 0) is 5.41 Å². The van der Waals surface area contributed by atoms with Gasteiger partial charge in [-0.3, -0.25) is 4.79 Å². The smallest absolute Gasteiger partial charge is 0.163 e. The Morgan fingerprint density at radius 2 is 1.52 bits per heavy atom. The van der Waals surface area contributed by atoms with Crippen LogP contribution in [0.4, 0.5) is 0 Å². The Kier molecular flexibility index (Phi) is 4.17. The second kappa shape index (κ2) is 5.72. The second-order valence-electron chi connectivity index (χ2n) is 6.30. The Balaban J connectivity index is 2.43. The fraction of sp³-hybridized carbons (Fsp3) is 0.316. The summed E-state index contributed by atoms with van der Waals surface area (Å²) < 4.78 is 5.24. The van der Waals surface area contributed by atoms with Crippen LogP contribution in [0.3, 0.4) is 0 Å². The summed E-state index contributed by atoms with van der Waals surface area (Å²) in [4.78, 5) is 11.7. The first-order chi connectivity index (χ1) is 9.82. The van der Waals surface area contributed by atoms with Gasteiger partial charge in [0, 0.05) is 0 Å². The quantitative estimate of drug-likeness (QED) is 0.751. The molecular formula is C19H22O2. The Bertz CT molecular complexity index is 646. The monoisotopic (exact) mass is 282 g/mol. The summed E-state index contributed by atoms with van der Waals surface area (Å²) in [6.45, 7) is 8.15. The Morgan fingerprint density at radius 3 is 2.00 bits per heavy atom. The largest absolute Gasteiger partial charge is 0.496 e. The number of carbonyl (C=O) groups is 1. The minimum absolute atomic E-state index is 0.0139. The van der Waals surface area contributed by atoms with Gasteiger partial charge >= 0.3 is 0 Å². The third kappa shape index (κ3) is 3.33. The van der Waals surface area contributed by atoms with Crippen molar-refractivity contribution in [2.45, 2.75) is 33.1 Å². The molecule has 2 rings (SSSR count). The van der Waals surface area contributed by atoms with Gasteiger partial charge in [0.15, 0.2) is 5.78 Å². The maximum Gasteiger partial charge on any atom is 0.163 e. The molecule has 2 aromatic rings. The lowest BCUT2D eigenvalue weighted by atomic mass is 9.86. The fourth-order valence-electron chi connectivity index (χ4n) is 2.33. The fourth-order valence-corrected chi connectivity index (χ4v) is 2.33. The molecule has 0 spiro atoms. The minimum atomic E-state index is 0.0139. The molecule has 2 nitrogen and oxygen atoms in total. The van der Waals surface area contributed by atoms with Crippen molar-refractivity contribution in [1.29, 1.82) is 0 Å². The van der Waals surface area contributed by atoms with Crippen LogP contribution < -0.4 is 4.74 Å². The molecule has 2 aromatic carbocycles. The van der Waals surface area contributed by atoms with Gasteiger partial charge in [-0.15, -0.1) is 0 Å². The average molecular weight is 282 g/mol. The van der Waals surface area contributed by atoms with Gasteiger partial charge in [0.1, 0.15) is 5.75 Å². The zero-order valence-corrected chi connectivity index (χ0v) is 13.4. The predicted molar refractivity (Wildman–Crippen MR) is 87.1 cm³/mol. The van der Waals surface area contributed by atoms with Gasteiger partial charge in [0.25, 0.3) is 0 Å². The number of methoxy groups -OCH3 is 1. The van der Waals surface area contributed by atoms with Gasteiger partial charge in [-0.05, 0) is 41.2 Å². The molecule has 110 valence electrons. The number of hydrogen-bond donors (Lipinski definition) is 0. The van der Waals surface area contributed by atoms with E-state index < -0.39 is 0 Å². The van der Waals surface area contributed by atoms with E-state index in [1.54, 1.807) is 14.0 Å². The van der Waals surface area contributed by atoms with Gasteiger partial charge in [-0.1, -0.05) is 51.1 Å². The predicted octanol–water partition coefficient (Wildman–Crippen LogP) is 4.86. The third-order valence-electron chi connectivity index (χ3n) is 3.66. The number of ether oxygens (including phenoxy) is 1. The molecular weight excluding hydrogens is 260 g/mol. The maximum absolute atomic E-state index is 11.7. The Labute approximate surface area is 126 Å². The lowest BCUT2D eigenvalue weighted by Gasteiger charge is -2.19. The molecule has 0 N–H and O–H groups in total. The van der Waals surface area contributed by atoms with Crippen LogP contribution in [0.25, 0.3) is 11.1 Å². The van der Waals surface area contributed by atoms with Crippen molar-refractivity contribution in [2.75, 3.05) is 7.11 Å². The van der Waals surface area contributed by atoms with E-state index >= 15 is 0 Å². The number of Topliss-reactive ketones (excluding diaryl/α,β-unsaturated/α-hetero) is 1. The summed E-state index contributed by atoms with van der Waals surface area (Å²) >= 11 is 0. The number of benzene rings is 2. The topological polar surface area (TPSA) is 26.3 Å². The van der Waals surface area contributed by atoms with E-state index in [4.69, 9.17) is 4.74 Å². The Hall–Kier alpha value is -2.09. The summed E-state index contributed by atoms with van der Waals surface area (Å²) in [7, 11) is 1.58. The zero-order valence-electron chi connectivity index (χ0n) is 13.4. The van der Waals surface area contributed by atoms with Crippen molar-refractivity contribution in [3.05, 3.63) is 53.6 Å². The van der Waals surface area contributed by atoms with Crippen molar-refractivity contribution < 1.29 is 9.53 Å². The van der Waals surface area contributed by atoms with E-state index in [9.17, 15) is 4.79 Å². The zero-order chi connectivity index (χ0) is 15.6. The first-order valence-corrected chi connectivity index (χ1v) is 7.13. The van der Waals surface area contributed by atoms with Gasteiger partial charge in [0.05, 0.1) is 12.7 Å². The molecule has 0 aliphatic carbocycles. The van der Waals surface area contributed by atoms with E-state index in [2.05, 4.69) is 45.0 Å². The average Bonchev–Trinajstić information content (AvgIpc) is 2.45. The Morgan fingerprint density at radius 1 is 0.952 bits per heavy atom. The van der Waals surface area contributed by atoms with Crippen LogP contribution in [0.15, 0.2) is 42.5 Å². The van der Waals surface area contributed by atoms with Gasteiger partial charge in [-0.25, -0.2) is 0 Å². The first-order valence-electron chi connectivity index (χ1n) is 7.13. The van der Waals surface area contributed by atoms with E-state index in [1.807, 2.05) is 18.2 Å². The van der Waals surface area contributed by atoms with Crippen molar-refractivity contribution in [3.8, 4) is 16.9 Å². The molecule has 0 radical (unpaired) electrons. The van der Waals surface area contributed by atoms with Crippen LogP contribution in [0.2, 0.25) is 0 Å². The molecule has 0 amide bonds. The summed E-state index contributed by atoms with van der Waals surface area (Å²) in [6.07, 6.45) is 0. The number of ketones is 1. The van der Waals surface area contributed by atoms with Crippen molar-refractivity contribution in [1.82, 2.24) is 0 Å². The highest BCUT2D eigenvalue weighted by molar-refractivity contribution is 5.98. The van der Waals surface area contributed by atoms with Crippen LogP contribution >= 0.6 is 0 Å². The van der Waals surface area contributed by atoms with Crippen LogP contribution in [0, 0.1) is 0 Å². The molecule has 0 saturated heterocycles. The SMILES string of the molecule is COc1ccc(-c2ccc(C(C)(C)C)cc2)cc1C(C)=O. The number of carbonyl (C=O) groups excluding carboxylic acids is 1. The highest BCUT2D eigenvalue weighted by Gasteiger charge is 2.14. The normalized spacial score (nSPS) is 11.3. The standard InChI is InChI=1S/C19H22O2/c1-13(20)17-12-15(8-11-18(17)21-5)14-6-9-16(10-7-14)19(2,3)4/h6-12H,1-5H3. The lowest BCUT2D eigenvalue weighted by molar-refractivity contribution is 0.101. The minimum Gasteiger partial charge on any atom is -0.496 e. The summed E-state index contributed by atoms with van der Waals surface area (Å²) in [5.41, 5.74) is 4.19. The number of hydrogen-bond acceptors (Lipinski definition) is 2. The van der Waals surface area contributed by atoms with Crippen molar-refractivity contribution in [3.63, 3.8) is 0 Å².